The van der Waals surface area contributed by atoms with Gasteiger partial charge in [0.2, 0.25) is 5.88 Å². The third kappa shape index (κ3) is 6.02. The standard InChI is InChI=1S/C34H30F4NO3S2/c1-21(41-32-6-4-5-15-39-32)20-40-22-7-9-23(10-8-22)42-24-11-13-33(2,14-12-24)44-30-17-26(36)25(35)16-29(30)43-31-18-27(37)28(38)19-34(31,44)3/h4-13,15-19,21,31H,14,20H2,1-3H3/q+1. The number of pyridine rings is 1. The molecule has 2 aromatic carbocycles. The van der Waals surface area contributed by atoms with E-state index in [2.05, 4.69) is 4.98 Å². The number of fused-ring (bicyclic) bond motifs is 2. The number of benzene rings is 2. The molecule has 0 spiro atoms. The predicted molar refractivity (Wildman–Crippen MR) is 166 cm³/mol. The van der Waals surface area contributed by atoms with Crippen LogP contribution in [0.4, 0.5) is 17.6 Å². The summed E-state index contributed by atoms with van der Waals surface area (Å²) in [6, 6.07) is 15.1. The van der Waals surface area contributed by atoms with Gasteiger partial charge in [0.05, 0.1) is 10.1 Å². The second-order valence-electron chi connectivity index (χ2n) is 11.2. The SMILES string of the molecule is CC(COc1ccc(OC2=CCC(C)([S+]3c4cc(F)c(F)cc4SC4C=C(F)C(F)=CC43C)C=C2)cc1)Oc1ccccn1. The van der Waals surface area contributed by atoms with Crippen LogP contribution in [-0.4, -0.2) is 32.4 Å². The van der Waals surface area contributed by atoms with Gasteiger partial charge in [-0.15, -0.1) is 11.8 Å². The van der Waals surface area contributed by atoms with E-state index in [1.165, 1.54) is 30.0 Å². The van der Waals surface area contributed by atoms with Crippen molar-refractivity contribution < 1.29 is 31.8 Å². The fourth-order valence-corrected chi connectivity index (χ4v) is 10.9. The number of aromatic nitrogens is 1. The van der Waals surface area contributed by atoms with E-state index in [1.807, 2.05) is 63.3 Å². The molecule has 0 amide bonds. The quantitative estimate of drug-likeness (QED) is 0.182. The molecule has 3 aromatic rings. The molecule has 0 radical (unpaired) electrons. The van der Waals surface area contributed by atoms with E-state index < -0.39 is 48.9 Å². The Morgan fingerprint density at radius 2 is 1.75 bits per heavy atom. The molecule has 1 aliphatic heterocycles. The van der Waals surface area contributed by atoms with Crippen molar-refractivity contribution in [3.63, 3.8) is 0 Å². The van der Waals surface area contributed by atoms with E-state index in [-0.39, 0.29) is 6.10 Å². The number of halogens is 4. The molecule has 4 nitrogen and oxygen atoms in total. The minimum atomic E-state index is -0.964. The monoisotopic (exact) mass is 640 g/mol. The van der Waals surface area contributed by atoms with E-state index >= 15 is 0 Å². The van der Waals surface area contributed by atoms with Crippen LogP contribution >= 0.6 is 11.8 Å². The molecule has 0 saturated carbocycles. The van der Waals surface area contributed by atoms with Gasteiger partial charge < -0.3 is 14.2 Å². The largest absolute Gasteiger partial charge is 0.490 e. The Labute approximate surface area is 260 Å². The maximum absolute atomic E-state index is 14.7. The fraction of sp³-hybridized carbons (Fsp3) is 0.265. The summed E-state index contributed by atoms with van der Waals surface area (Å²) in [5.74, 6) is -1.37. The summed E-state index contributed by atoms with van der Waals surface area (Å²) in [6.07, 6.45) is 10.3. The number of hydrogen-bond acceptors (Lipinski definition) is 5. The summed E-state index contributed by atoms with van der Waals surface area (Å²) >= 11 is 1.23. The molecule has 5 unspecified atom stereocenters. The number of nitrogens with zero attached hydrogens (tertiary/aromatic N) is 1. The molecule has 6 rings (SSSR count). The second-order valence-corrected chi connectivity index (χ2v) is 15.2. The minimum absolute atomic E-state index is 0.202. The molecule has 0 saturated heterocycles. The lowest BCUT2D eigenvalue weighted by Crippen LogP contribution is -2.55. The highest BCUT2D eigenvalue weighted by Crippen LogP contribution is 2.57. The molecule has 228 valence electrons. The van der Waals surface area contributed by atoms with Crippen LogP contribution in [-0.2, 0) is 10.9 Å². The van der Waals surface area contributed by atoms with Crippen molar-refractivity contribution in [3.8, 4) is 17.4 Å². The maximum Gasteiger partial charge on any atom is 0.213 e. The first-order valence-electron chi connectivity index (χ1n) is 14.1. The number of thioether (sulfide) groups is 1. The van der Waals surface area contributed by atoms with Crippen LogP contribution in [0.3, 0.4) is 0 Å². The van der Waals surface area contributed by atoms with Gasteiger partial charge in [0.25, 0.3) is 0 Å². The third-order valence-electron chi connectivity index (χ3n) is 7.68. The van der Waals surface area contributed by atoms with Crippen molar-refractivity contribution >= 4 is 22.7 Å². The lowest BCUT2D eigenvalue weighted by Gasteiger charge is -2.44. The van der Waals surface area contributed by atoms with Crippen LogP contribution < -0.4 is 14.2 Å². The summed E-state index contributed by atoms with van der Waals surface area (Å²) < 4.78 is 74.1. The van der Waals surface area contributed by atoms with Gasteiger partial charge in [0.1, 0.15) is 30.0 Å². The van der Waals surface area contributed by atoms with Crippen molar-refractivity contribution in [2.75, 3.05) is 6.61 Å². The van der Waals surface area contributed by atoms with Gasteiger partial charge in [-0.3, -0.25) is 0 Å². The molecule has 0 fully saturated rings. The summed E-state index contributed by atoms with van der Waals surface area (Å²) in [4.78, 5) is 5.29. The van der Waals surface area contributed by atoms with Gasteiger partial charge in [-0.25, -0.2) is 22.5 Å². The normalized spacial score (nSPS) is 26.4. The topological polar surface area (TPSA) is 40.6 Å². The van der Waals surface area contributed by atoms with Gasteiger partial charge in [0, 0.05) is 41.7 Å². The number of ether oxygens (including phenoxy) is 3. The Balaban J connectivity index is 1.16. The van der Waals surface area contributed by atoms with Gasteiger partial charge in [0.15, 0.2) is 37.7 Å². The highest BCUT2D eigenvalue weighted by atomic mass is 32.2. The van der Waals surface area contributed by atoms with Crippen molar-refractivity contribution in [2.45, 2.75) is 57.8 Å². The molecule has 5 atom stereocenters. The molecule has 44 heavy (non-hydrogen) atoms. The fourth-order valence-electron chi connectivity index (χ4n) is 5.53. The van der Waals surface area contributed by atoms with Crippen molar-refractivity contribution in [1.82, 2.24) is 4.98 Å². The second kappa shape index (κ2) is 12.0. The van der Waals surface area contributed by atoms with Crippen LogP contribution in [0.2, 0.25) is 0 Å². The molecule has 1 aromatic heterocycles. The Kier molecular flexibility index (Phi) is 8.32. The minimum Gasteiger partial charge on any atom is -0.490 e. The van der Waals surface area contributed by atoms with Crippen LogP contribution in [0.5, 0.6) is 17.4 Å². The molecule has 0 N–H and O–H groups in total. The van der Waals surface area contributed by atoms with Crippen LogP contribution in [0.25, 0.3) is 0 Å². The van der Waals surface area contributed by atoms with Gasteiger partial charge in [-0.05, 0) is 81.5 Å². The van der Waals surface area contributed by atoms with E-state index in [4.69, 9.17) is 14.2 Å². The lowest BCUT2D eigenvalue weighted by molar-refractivity contribution is 0.138. The summed E-state index contributed by atoms with van der Waals surface area (Å²) in [5.41, 5.74) is 0. The van der Waals surface area contributed by atoms with E-state index in [1.54, 1.807) is 24.4 Å². The van der Waals surface area contributed by atoms with Crippen molar-refractivity contribution in [2.24, 2.45) is 0 Å². The van der Waals surface area contributed by atoms with Crippen LogP contribution in [0, 0.1) is 11.6 Å². The zero-order valence-corrected chi connectivity index (χ0v) is 25.9. The molecule has 2 aliphatic carbocycles. The van der Waals surface area contributed by atoms with E-state index in [9.17, 15) is 17.6 Å². The van der Waals surface area contributed by atoms with E-state index in [0.29, 0.717) is 46.0 Å². The van der Waals surface area contributed by atoms with Crippen LogP contribution in [0.1, 0.15) is 27.2 Å². The molecular weight excluding hydrogens is 611 g/mol. The highest BCUT2D eigenvalue weighted by molar-refractivity contribution is 8.06. The third-order valence-corrected chi connectivity index (χ3v) is 12.7. The first-order valence-corrected chi connectivity index (χ1v) is 16.2. The molecule has 3 aliphatic rings. The summed E-state index contributed by atoms with van der Waals surface area (Å²) in [7, 11) is -0.865. The van der Waals surface area contributed by atoms with Gasteiger partial charge in [-0.1, -0.05) is 6.07 Å². The maximum atomic E-state index is 14.7. The zero-order chi connectivity index (χ0) is 31.1. The Bertz CT molecular complexity index is 1680. The first-order chi connectivity index (χ1) is 21.0. The van der Waals surface area contributed by atoms with Crippen LogP contribution in [0.15, 0.2) is 118 Å². The number of hydrogen-bond donors (Lipinski definition) is 0. The lowest BCUT2D eigenvalue weighted by atomic mass is 9.99. The molecule has 2 heterocycles. The number of allylic oxidation sites excluding steroid dienone is 4. The average Bonchev–Trinajstić information content (AvgIpc) is 2.99. The summed E-state index contributed by atoms with van der Waals surface area (Å²) in [5, 5.41) is -0.486. The molecular formula is C34H30F4NO3S2+. The van der Waals surface area contributed by atoms with E-state index in [0.717, 1.165) is 6.07 Å². The van der Waals surface area contributed by atoms with Gasteiger partial charge in [-0.2, -0.15) is 0 Å². The predicted octanol–water partition coefficient (Wildman–Crippen LogP) is 8.82. The molecule has 0 bridgehead atoms. The highest BCUT2D eigenvalue weighted by Gasteiger charge is 2.63. The van der Waals surface area contributed by atoms with Crippen molar-refractivity contribution in [3.05, 3.63) is 120 Å². The Hall–Kier alpha value is -3.63. The average molecular weight is 641 g/mol. The number of rotatable bonds is 8. The van der Waals surface area contributed by atoms with Gasteiger partial charge >= 0.3 is 0 Å². The van der Waals surface area contributed by atoms with Crippen molar-refractivity contribution in [1.29, 1.82) is 0 Å². The first kappa shape index (κ1) is 30.4. The zero-order valence-electron chi connectivity index (χ0n) is 24.2. The Morgan fingerprint density at radius 3 is 2.45 bits per heavy atom. The smallest absolute Gasteiger partial charge is 0.213 e. The Morgan fingerprint density at radius 1 is 1.00 bits per heavy atom. The molecule has 10 heteroatoms. The summed E-state index contributed by atoms with van der Waals surface area (Å²) in [6.45, 7) is 6.11.